The molecule has 0 aliphatic carbocycles. The van der Waals surface area contributed by atoms with Gasteiger partial charge in [0.25, 0.3) is 0 Å². The van der Waals surface area contributed by atoms with E-state index < -0.39 is 11.8 Å². The molecule has 64 valence electrons. The largest absolute Gasteiger partial charge is 0.397 e. The molecule has 0 unspecified atom stereocenters. The van der Waals surface area contributed by atoms with Gasteiger partial charge < -0.3 is 5.11 Å². The molecule has 2 saturated heterocycles. The van der Waals surface area contributed by atoms with E-state index in [1.54, 1.807) is 0 Å². The summed E-state index contributed by atoms with van der Waals surface area (Å²) in [6, 6.07) is 0. The van der Waals surface area contributed by atoms with Crippen LogP contribution in [0.15, 0.2) is 0 Å². The first-order chi connectivity index (χ1) is 5.22. The number of aliphatic hydroxyl groups is 1. The third kappa shape index (κ3) is 1.05. The molecule has 0 spiro atoms. The summed E-state index contributed by atoms with van der Waals surface area (Å²) in [5.41, 5.74) is 0. The molecule has 0 saturated carbocycles. The molecular formula is C6H10O5. The summed E-state index contributed by atoms with van der Waals surface area (Å²) in [7, 11) is 0. The lowest BCUT2D eigenvalue weighted by Gasteiger charge is -2.03. The second-order valence-corrected chi connectivity index (χ2v) is 2.77. The van der Waals surface area contributed by atoms with Gasteiger partial charge in [0.15, 0.2) is 0 Å². The lowest BCUT2D eigenvalue weighted by Crippen LogP contribution is -2.32. The third-order valence-corrected chi connectivity index (χ3v) is 1.87. The van der Waals surface area contributed by atoms with E-state index in [1.807, 2.05) is 6.92 Å². The van der Waals surface area contributed by atoms with Gasteiger partial charge in [0, 0.05) is 6.42 Å². The predicted molar refractivity (Wildman–Crippen MR) is 31.5 cm³/mol. The molecule has 1 N–H and O–H groups in total. The smallest absolute Gasteiger partial charge is 0.335 e. The quantitative estimate of drug-likeness (QED) is 0.479. The first kappa shape index (κ1) is 7.45. The molecule has 5 heteroatoms. The van der Waals surface area contributed by atoms with Gasteiger partial charge in [0.1, 0.15) is 0 Å². The van der Waals surface area contributed by atoms with Crippen molar-refractivity contribution in [2.24, 2.45) is 0 Å². The SMILES string of the molecule is CCCCC1(C2(O)OO2)OO1. The molecule has 5 nitrogen and oxygen atoms in total. The molecule has 2 aliphatic rings. The number of unbranched alkanes of at least 4 members (excludes halogenated alkanes) is 1. The molecule has 11 heavy (non-hydrogen) atoms. The second kappa shape index (κ2) is 2.15. The van der Waals surface area contributed by atoms with Gasteiger partial charge in [-0.3, -0.25) is 0 Å². The van der Waals surface area contributed by atoms with Gasteiger partial charge >= 0.3 is 11.8 Å². The van der Waals surface area contributed by atoms with Crippen LogP contribution in [-0.4, -0.2) is 16.9 Å². The minimum Gasteiger partial charge on any atom is -0.335 e. The lowest BCUT2D eigenvalue weighted by molar-refractivity contribution is -0.0584. The molecular weight excluding hydrogens is 152 g/mol. The lowest BCUT2D eigenvalue weighted by atomic mass is 10.1. The van der Waals surface area contributed by atoms with Gasteiger partial charge in [-0.2, -0.15) is 19.6 Å². The molecule has 0 bridgehead atoms. The maximum absolute atomic E-state index is 9.25. The first-order valence-corrected chi connectivity index (χ1v) is 3.68. The predicted octanol–water partition coefficient (Wildman–Crippen LogP) is 0.443. The first-order valence-electron chi connectivity index (χ1n) is 3.68. The van der Waals surface area contributed by atoms with Crippen molar-refractivity contribution in [2.45, 2.75) is 37.9 Å². The van der Waals surface area contributed by atoms with Crippen LogP contribution < -0.4 is 0 Å². The fourth-order valence-electron chi connectivity index (χ4n) is 0.973. The van der Waals surface area contributed by atoms with Crippen molar-refractivity contribution in [1.82, 2.24) is 0 Å². The highest BCUT2D eigenvalue weighted by molar-refractivity contribution is 4.87. The Hall–Kier alpha value is -0.200. The van der Waals surface area contributed by atoms with E-state index in [9.17, 15) is 5.11 Å². The Kier molecular flexibility index (Phi) is 1.45. The van der Waals surface area contributed by atoms with E-state index in [1.165, 1.54) is 0 Å². The molecule has 2 heterocycles. The fourth-order valence-corrected chi connectivity index (χ4v) is 0.973. The van der Waals surface area contributed by atoms with Crippen LogP contribution in [0.25, 0.3) is 0 Å². The second-order valence-electron chi connectivity index (χ2n) is 2.77. The van der Waals surface area contributed by atoms with Crippen LogP contribution in [0.4, 0.5) is 0 Å². The van der Waals surface area contributed by atoms with Crippen LogP contribution in [0.5, 0.6) is 0 Å². The Morgan fingerprint density at radius 1 is 1.18 bits per heavy atom. The zero-order valence-corrected chi connectivity index (χ0v) is 6.20. The standard InChI is InChI=1S/C6H10O5/c1-2-3-4-5(8-9-5)6(7)10-11-6/h7H,2-4H2,1H3. The maximum atomic E-state index is 9.25. The molecule has 2 aliphatic heterocycles. The normalized spacial score (nSPS) is 30.0. The van der Waals surface area contributed by atoms with Crippen LogP contribution in [0.3, 0.4) is 0 Å². The van der Waals surface area contributed by atoms with Gasteiger partial charge in [-0.1, -0.05) is 13.3 Å². The number of rotatable bonds is 4. The van der Waals surface area contributed by atoms with Gasteiger partial charge in [-0.25, -0.2) is 0 Å². The fraction of sp³-hybridized carbons (Fsp3) is 1.00. The zero-order chi connectivity index (χ0) is 7.95. The summed E-state index contributed by atoms with van der Waals surface area (Å²) in [5, 5.41) is 9.25. The van der Waals surface area contributed by atoms with Gasteiger partial charge in [-0.05, 0) is 6.42 Å². The van der Waals surface area contributed by atoms with E-state index in [0.29, 0.717) is 6.42 Å². The van der Waals surface area contributed by atoms with E-state index in [-0.39, 0.29) is 0 Å². The van der Waals surface area contributed by atoms with Crippen LogP contribution >= 0.6 is 0 Å². The molecule has 0 aromatic rings. The Balaban J connectivity index is 1.89. The van der Waals surface area contributed by atoms with Crippen molar-refractivity contribution in [2.75, 3.05) is 0 Å². The zero-order valence-electron chi connectivity index (χ0n) is 6.20. The summed E-state index contributed by atoms with van der Waals surface area (Å²) in [6.07, 6.45) is 2.49. The molecule has 2 fully saturated rings. The number of hydrogen-bond donors (Lipinski definition) is 1. The van der Waals surface area contributed by atoms with Crippen LogP contribution in [0.2, 0.25) is 0 Å². The van der Waals surface area contributed by atoms with E-state index in [4.69, 9.17) is 0 Å². The summed E-state index contributed by atoms with van der Waals surface area (Å²) >= 11 is 0. The highest BCUT2D eigenvalue weighted by Crippen LogP contribution is 2.52. The van der Waals surface area contributed by atoms with Crippen molar-refractivity contribution >= 4 is 0 Å². The highest BCUT2D eigenvalue weighted by Gasteiger charge is 2.77. The third-order valence-electron chi connectivity index (χ3n) is 1.87. The molecule has 0 aromatic carbocycles. The number of hydrogen-bond acceptors (Lipinski definition) is 5. The Bertz CT molecular complexity index is 160. The average Bonchev–Trinajstić information content (AvgIpc) is 2.81. The molecule has 0 aromatic heterocycles. The van der Waals surface area contributed by atoms with Crippen LogP contribution in [-0.2, 0) is 19.6 Å². The maximum Gasteiger partial charge on any atom is 0.397 e. The van der Waals surface area contributed by atoms with Gasteiger partial charge in [0.05, 0.1) is 0 Å². The molecule has 0 atom stereocenters. The minimum atomic E-state index is -1.64. The Morgan fingerprint density at radius 2 is 1.82 bits per heavy atom. The molecule has 2 rings (SSSR count). The molecule has 0 amide bonds. The van der Waals surface area contributed by atoms with E-state index in [2.05, 4.69) is 19.6 Å². The van der Waals surface area contributed by atoms with Crippen LogP contribution in [0.1, 0.15) is 26.2 Å². The summed E-state index contributed by atoms with van der Waals surface area (Å²) in [6.45, 7) is 2.04. The summed E-state index contributed by atoms with van der Waals surface area (Å²) in [5.74, 6) is -2.68. The van der Waals surface area contributed by atoms with Crippen molar-refractivity contribution in [1.29, 1.82) is 0 Å². The topological polar surface area (TPSA) is 70.3 Å². The van der Waals surface area contributed by atoms with Crippen molar-refractivity contribution in [3.05, 3.63) is 0 Å². The summed E-state index contributed by atoms with van der Waals surface area (Å²) in [4.78, 5) is 17.9. The van der Waals surface area contributed by atoms with Crippen molar-refractivity contribution in [3.63, 3.8) is 0 Å². The molecule has 0 radical (unpaired) electrons. The van der Waals surface area contributed by atoms with Crippen molar-refractivity contribution < 1.29 is 24.7 Å². The summed E-state index contributed by atoms with van der Waals surface area (Å²) < 4.78 is 0. The Labute approximate surface area is 63.7 Å². The van der Waals surface area contributed by atoms with E-state index in [0.717, 1.165) is 12.8 Å². The van der Waals surface area contributed by atoms with Crippen LogP contribution in [0, 0.1) is 0 Å². The monoisotopic (exact) mass is 162 g/mol. The average molecular weight is 162 g/mol. The van der Waals surface area contributed by atoms with E-state index >= 15 is 0 Å². The van der Waals surface area contributed by atoms with Gasteiger partial charge in [-0.15, -0.1) is 0 Å². The highest BCUT2D eigenvalue weighted by atomic mass is 17.5. The minimum absolute atomic E-state index is 0.583. The van der Waals surface area contributed by atoms with Crippen molar-refractivity contribution in [3.8, 4) is 0 Å². The Morgan fingerprint density at radius 3 is 2.18 bits per heavy atom. The van der Waals surface area contributed by atoms with Gasteiger partial charge in [0.2, 0.25) is 0 Å².